The molecule has 0 saturated heterocycles. The third kappa shape index (κ3) is 6.47. The number of para-hydroxylation sites is 5. The van der Waals surface area contributed by atoms with Crippen molar-refractivity contribution in [3.05, 3.63) is 260 Å². The van der Waals surface area contributed by atoms with Gasteiger partial charge in [-0.2, -0.15) is 0 Å². The van der Waals surface area contributed by atoms with Crippen molar-refractivity contribution in [3.8, 4) is 16.8 Å². The van der Waals surface area contributed by atoms with Crippen LogP contribution in [0.4, 0.5) is 45.5 Å². The molecule has 2 aliphatic rings. The Morgan fingerprint density at radius 2 is 0.734 bits per heavy atom. The fourth-order valence-corrected chi connectivity index (χ4v) is 9.96. The number of nitrogens with zero attached hydrogens (tertiary/aromatic N) is 4. The van der Waals surface area contributed by atoms with Gasteiger partial charge in [0.2, 0.25) is 0 Å². The lowest BCUT2D eigenvalue weighted by molar-refractivity contribution is 0.745. The van der Waals surface area contributed by atoms with Crippen LogP contribution in [0.5, 0.6) is 0 Å². The first kappa shape index (κ1) is 37.4. The molecule has 1 aromatic heterocycles. The van der Waals surface area contributed by atoms with E-state index in [0.717, 1.165) is 50.9 Å². The number of anilines is 8. The van der Waals surface area contributed by atoms with Gasteiger partial charge in [0.25, 0.3) is 0 Å². The van der Waals surface area contributed by atoms with Crippen molar-refractivity contribution in [2.24, 2.45) is 0 Å². The zero-order chi connectivity index (χ0) is 42.4. The van der Waals surface area contributed by atoms with Gasteiger partial charge in [0.1, 0.15) is 0 Å². The standard InChI is InChI=1S/C60H44N4/c1-3-15-45(16-4-1)61(49-35-39-51(40-36-49)63-57-23-11-7-19-53(57)54-20-8-12-24-58(54)63)47-31-27-43(28-32-47)44-29-33-48(34-30-44)62(46-17-5-2-6-18-46)50-37-41-52(42-38-50)64-59-25-13-9-21-55(59)56-22-10-14-26-60(56)64/h1-42,53,57H. The maximum Gasteiger partial charge on any atom is 0.0629 e. The molecule has 1 aliphatic carbocycles. The summed E-state index contributed by atoms with van der Waals surface area (Å²) in [6.07, 6.45) is 9.02. The average molecular weight is 821 g/mol. The lowest BCUT2D eigenvalue weighted by Crippen LogP contribution is -2.28. The lowest BCUT2D eigenvalue weighted by Gasteiger charge is -2.30. The van der Waals surface area contributed by atoms with Crippen LogP contribution in [-0.4, -0.2) is 10.6 Å². The maximum absolute atomic E-state index is 2.49. The molecule has 4 heteroatoms. The predicted molar refractivity (Wildman–Crippen MR) is 269 cm³/mol. The van der Waals surface area contributed by atoms with Gasteiger partial charge in [-0.15, -0.1) is 0 Å². The second-order valence-electron chi connectivity index (χ2n) is 16.6. The van der Waals surface area contributed by atoms with E-state index < -0.39 is 0 Å². The minimum absolute atomic E-state index is 0.270. The summed E-state index contributed by atoms with van der Waals surface area (Å²) >= 11 is 0. The smallest absolute Gasteiger partial charge is 0.0629 e. The van der Waals surface area contributed by atoms with Crippen LogP contribution in [0.1, 0.15) is 11.5 Å². The summed E-state index contributed by atoms with van der Waals surface area (Å²) in [4.78, 5) is 7.15. The third-order valence-corrected chi connectivity index (χ3v) is 12.9. The van der Waals surface area contributed by atoms with Crippen LogP contribution in [0.25, 0.3) is 38.6 Å². The molecule has 0 bridgehead atoms. The van der Waals surface area contributed by atoms with Gasteiger partial charge in [0.05, 0.1) is 17.1 Å². The lowest BCUT2D eigenvalue weighted by atomic mass is 9.91. The van der Waals surface area contributed by atoms with Gasteiger partial charge >= 0.3 is 0 Å². The summed E-state index contributed by atoms with van der Waals surface area (Å²) in [6, 6.07) is 83.6. The summed E-state index contributed by atoms with van der Waals surface area (Å²) in [5.41, 5.74) is 16.4. The van der Waals surface area contributed by atoms with E-state index in [9.17, 15) is 0 Å². The van der Waals surface area contributed by atoms with E-state index in [1.165, 1.54) is 38.7 Å². The van der Waals surface area contributed by atoms with Gasteiger partial charge in [0, 0.05) is 67.9 Å². The summed E-state index contributed by atoms with van der Waals surface area (Å²) < 4.78 is 2.37. The average Bonchev–Trinajstić information content (AvgIpc) is 3.89. The van der Waals surface area contributed by atoms with Crippen LogP contribution in [0, 0.1) is 0 Å². The summed E-state index contributed by atoms with van der Waals surface area (Å²) in [5, 5.41) is 2.53. The highest BCUT2D eigenvalue weighted by molar-refractivity contribution is 6.09. The maximum atomic E-state index is 2.49. The first-order valence-corrected chi connectivity index (χ1v) is 22.1. The molecule has 0 fully saturated rings. The Morgan fingerprint density at radius 3 is 1.27 bits per heavy atom. The van der Waals surface area contributed by atoms with Gasteiger partial charge in [-0.3, -0.25) is 0 Å². The van der Waals surface area contributed by atoms with Crippen LogP contribution in [0.3, 0.4) is 0 Å². The molecule has 0 saturated carbocycles. The molecule has 0 radical (unpaired) electrons. The Labute approximate surface area is 374 Å². The molecule has 304 valence electrons. The van der Waals surface area contributed by atoms with Crippen LogP contribution < -0.4 is 14.7 Å². The van der Waals surface area contributed by atoms with Gasteiger partial charge in [-0.05, 0) is 132 Å². The SMILES string of the molecule is C1=CC2c3ccccc3N(c3ccc(N(c4ccccc4)c4ccc(-c5ccc(N(c6ccccc6)c6ccc(-n7c8ccccc8c8ccccc87)cc6)cc5)cc4)cc3)C2C=C1. The van der Waals surface area contributed by atoms with Crippen molar-refractivity contribution in [1.29, 1.82) is 0 Å². The normalized spacial score (nSPS) is 15.0. The molecular formula is C60H44N4. The molecule has 9 aromatic carbocycles. The van der Waals surface area contributed by atoms with E-state index in [4.69, 9.17) is 0 Å². The number of aromatic nitrogens is 1. The second kappa shape index (κ2) is 15.8. The Kier molecular flexibility index (Phi) is 9.27. The summed E-state index contributed by atoms with van der Waals surface area (Å²) in [6.45, 7) is 0. The molecule has 0 N–H and O–H groups in total. The molecular weight excluding hydrogens is 777 g/mol. The molecule has 2 heterocycles. The van der Waals surface area contributed by atoms with Crippen LogP contribution in [0.2, 0.25) is 0 Å². The molecule has 4 nitrogen and oxygen atoms in total. The third-order valence-electron chi connectivity index (χ3n) is 12.9. The fraction of sp³-hybridized carbons (Fsp3) is 0.0333. The van der Waals surface area contributed by atoms with Crippen molar-refractivity contribution >= 4 is 67.3 Å². The van der Waals surface area contributed by atoms with Gasteiger partial charge in [0.15, 0.2) is 0 Å². The number of allylic oxidation sites excluding steroid dienone is 2. The van der Waals surface area contributed by atoms with E-state index >= 15 is 0 Å². The van der Waals surface area contributed by atoms with E-state index in [2.05, 4.69) is 274 Å². The van der Waals surface area contributed by atoms with Crippen molar-refractivity contribution in [1.82, 2.24) is 4.57 Å². The monoisotopic (exact) mass is 820 g/mol. The van der Waals surface area contributed by atoms with E-state index in [1.807, 2.05) is 0 Å². The predicted octanol–water partition coefficient (Wildman–Crippen LogP) is 16.1. The second-order valence-corrected chi connectivity index (χ2v) is 16.6. The fourth-order valence-electron chi connectivity index (χ4n) is 9.96. The van der Waals surface area contributed by atoms with E-state index in [0.29, 0.717) is 5.92 Å². The summed E-state index contributed by atoms with van der Waals surface area (Å²) in [7, 11) is 0. The topological polar surface area (TPSA) is 14.7 Å². The number of rotatable bonds is 9. The highest BCUT2D eigenvalue weighted by Crippen LogP contribution is 2.48. The van der Waals surface area contributed by atoms with Gasteiger partial charge in [-0.1, -0.05) is 140 Å². The van der Waals surface area contributed by atoms with E-state index in [1.54, 1.807) is 0 Å². The Bertz CT molecular complexity index is 3260. The first-order valence-electron chi connectivity index (χ1n) is 22.1. The molecule has 64 heavy (non-hydrogen) atoms. The highest BCUT2D eigenvalue weighted by atomic mass is 15.2. The largest absolute Gasteiger partial charge is 0.333 e. The number of hydrogen-bond donors (Lipinski definition) is 0. The molecule has 0 amide bonds. The van der Waals surface area contributed by atoms with Crippen molar-refractivity contribution in [2.45, 2.75) is 12.0 Å². The number of benzene rings is 9. The Morgan fingerprint density at radius 1 is 0.328 bits per heavy atom. The molecule has 2 atom stereocenters. The molecule has 1 aliphatic heterocycles. The van der Waals surface area contributed by atoms with Gasteiger partial charge < -0.3 is 19.3 Å². The number of fused-ring (bicyclic) bond motifs is 6. The van der Waals surface area contributed by atoms with Crippen LogP contribution in [-0.2, 0) is 0 Å². The quantitative estimate of drug-likeness (QED) is 0.144. The minimum Gasteiger partial charge on any atom is -0.333 e. The van der Waals surface area contributed by atoms with E-state index in [-0.39, 0.29) is 6.04 Å². The Balaban J connectivity index is 0.835. The van der Waals surface area contributed by atoms with Crippen LogP contribution >= 0.6 is 0 Å². The number of hydrogen-bond acceptors (Lipinski definition) is 3. The highest BCUT2D eigenvalue weighted by Gasteiger charge is 2.37. The van der Waals surface area contributed by atoms with Gasteiger partial charge in [-0.25, -0.2) is 0 Å². The van der Waals surface area contributed by atoms with Crippen molar-refractivity contribution in [2.75, 3.05) is 14.7 Å². The first-order chi connectivity index (χ1) is 31.8. The molecule has 0 spiro atoms. The summed E-state index contributed by atoms with van der Waals surface area (Å²) in [5.74, 6) is 0.357. The van der Waals surface area contributed by atoms with Crippen molar-refractivity contribution < 1.29 is 0 Å². The Hall–Kier alpha value is -8.34. The van der Waals surface area contributed by atoms with Crippen molar-refractivity contribution in [3.63, 3.8) is 0 Å². The molecule has 2 unspecified atom stereocenters. The zero-order valence-corrected chi connectivity index (χ0v) is 35.2. The zero-order valence-electron chi connectivity index (χ0n) is 35.2. The molecule has 12 rings (SSSR count). The minimum atomic E-state index is 0.270. The molecule has 10 aromatic rings. The van der Waals surface area contributed by atoms with Crippen LogP contribution in [0.15, 0.2) is 255 Å².